The van der Waals surface area contributed by atoms with Crippen LogP contribution in [0, 0.1) is 0 Å². The molecule has 1 unspecified atom stereocenters. The van der Waals surface area contributed by atoms with E-state index in [-0.39, 0.29) is 6.04 Å². The minimum atomic E-state index is -0.683. The number of hydrogen-bond donors (Lipinski definition) is 2. The van der Waals surface area contributed by atoms with E-state index >= 15 is 0 Å². The van der Waals surface area contributed by atoms with E-state index in [9.17, 15) is 9.59 Å². The molecule has 2 heterocycles. The topological polar surface area (TPSA) is 74.3 Å². The average Bonchev–Trinajstić information content (AvgIpc) is 2.96. The van der Waals surface area contributed by atoms with Crippen LogP contribution in [0.1, 0.15) is 29.1 Å². The normalized spacial score (nSPS) is 15.4. The maximum atomic E-state index is 12.1. The van der Waals surface area contributed by atoms with Crippen molar-refractivity contribution in [2.24, 2.45) is 0 Å². The Bertz CT molecular complexity index is 744. The largest absolute Gasteiger partial charge is 0.341 e. The number of rotatable bonds is 3. The highest BCUT2D eigenvalue weighted by molar-refractivity contribution is 7.16. The summed E-state index contributed by atoms with van der Waals surface area (Å²) in [5.41, 5.74) is 1.97. The lowest BCUT2D eigenvalue weighted by Crippen LogP contribution is -2.36. The molecule has 0 aliphatic carbocycles. The Morgan fingerprint density at radius 3 is 2.75 bits per heavy atom. The van der Waals surface area contributed by atoms with Crippen molar-refractivity contribution in [1.29, 1.82) is 0 Å². The number of carbonyl (C=O) groups excluding carboxylic acids is 2. The summed E-state index contributed by atoms with van der Waals surface area (Å²) < 4.78 is 0. The van der Waals surface area contributed by atoms with E-state index < -0.39 is 11.8 Å². The summed E-state index contributed by atoms with van der Waals surface area (Å²) in [5.74, 6) is -1.34. The van der Waals surface area contributed by atoms with Gasteiger partial charge in [0, 0.05) is 24.4 Å². The molecule has 3 rings (SSSR count). The van der Waals surface area contributed by atoms with Crippen molar-refractivity contribution in [3.63, 3.8) is 0 Å². The zero-order valence-electron chi connectivity index (χ0n) is 13.7. The number of amides is 2. The van der Waals surface area contributed by atoms with Gasteiger partial charge in [0.1, 0.15) is 0 Å². The second kappa shape index (κ2) is 7.11. The highest BCUT2D eigenvalue weighted by Gasteiger charge is 2.22. The molecular formula is C17H20N4O2S. The Morgan fingerprint density at radius 1 is 1.25 bits per heavy atom. The number of nitrogens with zero attached hydrogens (tertiary/aromatic N) is 2. The maximum Gasteiger partial charge on any atom is 0.315 e. The van der Waals surface area contributed by atoms with Crippen LogP contribution in [0.5, 0.6) is 0 Å². The Hall–Kier alpha value is -2.25. The van der Waals surface area contributed by atoms with Crippen LogP contribution < -0.4 is 10.6 Å². The molecule has 7 heteroatoms. The lowest BCUT2D eigenvalue weighted by atomic mass is 10.1. The van der Waals surface area contributed by atoms with Gasteiger partial charge in [-0.1, -0.05) is 30.3 Å². The van der Waals surface area contributed by atoms with Crippen molar-refractivity contribution < 1.29 is 9.59 Å². The fraction of sp³-hybridized carbons (Fsp3) is 0.353. The minimum absolute atomic E-state index is 0.234. The lowest BCUT2D eigenvalue weighted by Gasteiger charge is -2.20. The van der Waals surface area contributed by atoms with E-state index in [1.807, 2.05) is 37.3 Å². The van der Waals surface area contributed by atoms with E-state index in [0.29, 0.717) is 5.13 Å². The molecule has 0 saturated carbocycles. The molecule has 1 atom stereocenters. The molecular weight excluding hydrogens is 324 g/mol. The highest BCUT2D eigenvalue weighted by atomic mass is 32.1. The van der Waals surface area contributed by atoms with Gasteiger partial charge in [-0.15, -0.1) is 11.3 Å². The van der Waals surface area contributed by atoms with Gasteiger partial charge in [0.2, 0.25) is 0 Å². The van der Waals surface area contributed by atoms with Crippen LogP contribution in [0.2, 0.25) is 0 Å². The Balaban J connectivity index is 1.59. The number of thiazole rings is 1. The fourth-order valence-electron chi connectivity index (χ4n) is 2.62. The predicted octanol–water partition coefficient (Wildman–Crippen LogP) is 1.95. The first kappa shape index (κ1) is 16.6. The zero-order chi connectivity index (χ0) is 17.1. The van der Waals surface area contributed by atoms with Crippen molar-refractivity contribution in [1.82, 2.24) is 15.2 Å². The molecule has 24 heavy (non-hydrogen) atoms. The van der Waals surface area contributed by atoms with Crippen LogP contribution in [-0.2, 0) is 22.6 Å². The van der Waals surface area contributed by atoms with Crippen molar-refractivity contribution in [2.45, 2.75) is 25.9 Å². The highest BCUT2D eigenvalue weighted by Crippen LogP contribution is 2.27. The molecule has 1 aliphatic rings. The predicted molar refractivity (Wildman–Crippen MR) is 93.8 cm³/mol. The van der Waals surface area contributed by atoms with E-state index in [4.69, 9.17) is 0 Å². The SMILES string of the molecule is CC(NC(=O)C(=O)Nc1nc2c(s1)CN(C)CC2)c1ccccc1. The third-order valence-electron chi connectivity index (χ3n) is 4.00. The molecule has 2 N–H and O–H groups in total. The van der Waals surface area contributed by atoms with Crippen molar-refractivity contribution in [3.05, 3.63) is 46.5 Å². The maximum absolute atomic E-state index is 12.1. The summed E-state index contributed by atoms with van der Waals surface area (Å²) >= 11 is 1.44. The van der Waals surface area contributed by atoms with E-state index in [1.54, 1.807) is 0 Å². The van der Waals surface area contributed by atoms with Gasteiger partial charge in [0.25, 0.3) is 0 Å². The Labute approximate surface area is 144 Å². The van der Waals surface area contributed by atoms with Crippen LogP contribution in [0.25, 0.3) is 0 Å². The molecule has 1 aromatic heterocycles. The second-order valence-corrected chi connectivity index (χ2v) is 7.02. The Morgan fingerprint density at radius 2 is 2.00 bits per heavy atom. The number of nitrogens with one attached hydrogen (secondary N) is 2. The summed E-state index contributed by atoms with van der Waals surface area (Å²) in [5, 5.41) is 5.80. The molecule has 0 spiro atoms. The number of likely N-dealkylation sites (N-methyl/N-ethyl adjacent to an activating group) is 1. The molecule has 2 aromatic rings. The summed E-state index contributed by atoms with van der Waals surface area (Å²) in [6.07, 6.45) is 0.870. The second-order valence-electron chi connectivity index (χ2n) is 5.94. The third kappa shape index (κ3) is 3.80. The van der Waals surface area contributed by atoms with Crippen LogP contribution in [0.15, 0.2) is 30.3 Å². The van der Waals surface area contributed by atoms with Crippen molar-refractivity contribution in [2.75, 3.05) is 18.9 Å². The molecule has 126 valence electrons. The van der Waals surface area contributed by atoms with Gasteiger partial charge in [0.15, 0.2) is 5.13 Å². The van der Waals surface area contributed by atoms with Gasteiger partial charge in [-0.25, -0.2) is 4.98 Å². The Kier molecular flexibility index (Phi) is 4.92. The van der Waals surface area contributed by atoms with Crippen LogP contribution >= 0.6 is 11.3 Å². The molecule has 1 aliphatic heterocycles. The summed E-state index contributed by atoms with van der Waals surface area (Å²) in [6.45, 7) is 3.64. The van der Waals surface area contributed by atoms with Gasteiger partial charge in [-0.05, 0) is 19.5 Å². The van der Waals surface area contributed by atoms with Crippen LogP contribution in [-0.4, -0.2) is 35.3 Å². The third-order valence-corrected chi connectivity index (χ3v) is 4.99. The number of anilines is 1. The van der Waals surface area contributed by atoms with Crippen LogP contribution in [0.4, 0.5) is 5.13 Å². The molecule has 0 fully saturated rings. The van der Waals surface area contributed by atoms with E-state index in [0.717, 1.165) is 35.6 Å². The molecule has 6 nitrogen and oxygen atoms in total. The first-order valence-corrected chi connectivity index (χ1v) is 8.68. The number of carbonyl (C=O) groups is 2. The minimum Gasteiger partial charge on any atom is -0.341 e. The molecule has 1 aromatic carbocycles. The number of benzene rings is 1. The van der Waals surface area contributed by atoms with Crippen molar-refractivity contribution in [3.8, 4) is 0 Å². The fourth-order valence-corrected chi connectivity index (χ4v) is 3.70. The summed E-state index contributed by atoms with van der Waals surface area (Å²) in [7, 11) is 2.05. The van der Waals surface area contributed by atoms with Gasteiger partial charge < -0.3 is 10.2 Å². The lowest BCUT2D eigenvalue weighted by molar-refractivity contribution is -0.136. The summed E-state index contributed by atoms with van der Waals surface area (Å²) in [6, 6.07) is 9.29. The van der Waals surface area contributed by atoms with E-state index in [1.165, 1.54) is 11.3 Å². The van der Waals surface area contributed by atoms with Gasteiger partial charge in [0.05, 0.1) is 11.7 Å². The molecule has 0 saturated heterocycles. The van der Waals surface area contributed by atoms with Gasteiger partial charge in [-0.2, -0.15) is 0 Å². The molecule has 0 radical (unpaired) electrons. The molecule has 0 bridgehead atoms. The monoisotopic (exact) mass is 344 g/mol. The molecule has 2 amide bonds. The number of fused-ring (bicyclic) bond motifs is 1. The van der Waals surface area contributed by atoms with Gasteiger partial charge in [-0.3, -0.25) is 14.9 Å². The van der Waals surface area contributed by atoms with Crippen LogP contribution in [0.3, 0.4) is 0 Å². The quantitative estimate of drug-likeness (QED) is 0.835. The number of aromatic nitrogens is 1. The number of hydrogen-bond acceptors (Lipinski definition) is 5. The smallest absolute Gasteiger partial charge is 0.315 e. The zero-order valence-corrected chi connectivity index (χ0v) is 14.5. The van der Waals surface area contributed by atoms with Gasteiger partial charge >= 0.3 is 11.8 Å². The van der Waals surface area contributed by atoms with E-state index in [2.05, 4.69) is 27.6 Å². The van der Waals surface area contributed by atoms with Crippen molar-refractivity contribution >= 4 is 28.3 Å². The average molecular weight is 344 g/mol. The first-order valence-electron chi connectivity index (χ1n) is 7.87. The first-order chi connectivity index (χ1) is 11.5. The summed E-state index contributed by atoms with van der Waals surface area (Å²) in [4.78, 5) is 31.9. The standard InChI is InChI=1S/C17H20N4O2S/c1-11(12-6-4-3-5-7-12)18-15(22)16(23)20-17-19-13-8-9-21(2)10-14(13)24-17/h3-7,11H,8-10H2,1-2H3,(H,18,22)(H,19,20,23).